The number of hydrogen-bond donors (Lipinski definition) is 3. The van der Waals surface area contributed by atoms with Crippen LogP contribution in [0.1, 0.15) is 5.56 Å². The fourth-order valence-corrected chi connectivity index (χ4v) is 0.973. The first-order chi connectivity index (χ1) is 6.09. The smallest absolute Gasteiger partial charge is 0.320 e. The van der Waals surface area contributed by atoms with Crippen LogP contribution in [0.4, 0.5) is 0 Å². The second-order valence-corrected chi connectivity index (χ2v) is 2.82. The van der Waals surface area contributed by atoms with Crippen LogP contribution in [0.2, 0.25) is 0 Å². The zero-order valence-electron chi connectivity index (χ0n) is 7.68. The average molecular weight is 293 g/mol. The minimum atomic E-state index is -1.02. The van der Waals surface area contributed by atoms with Crippen molar-refractivity contribution in [3.05, 3.63) is 29.8 Å². The Bertz CT molecular complexity index is 303. The molecule has 0 fully saturated rings. The first kappa shape index (κ1) is 16.9. The molecular formula is C9H11Fe2NO3. The number of carboxylic acid groups (broad SMARTS) is 1. The summed E-state index contributed by atoms with van der Waals surface area (Å²) in [5, 5.41) is 17.5. The van der Waals surface area contributed by atoms with Crippen LogP contribution in [0.25, 0.3) is 0 Å². The van der Waals surface area contributed by atoms with E-state index < -0.39 is 12.0 Å². The molecule has 0 spiro atoms. The van der Waals surface area contributed by atoms with Gasteiger partial charge in [0.25, 0.3) is 0 Å². The van der Waals surface area contributed by atoms with Gasteiger partial charge >= 0.3 is 5.97 Å². The van der Waals surface area contributed by atoms with Crippen molar-refractivity contribution in [1.82, 2.24) is 0 Å². The normalized spacial score (nSPS) is 10.7. The molecule has 86 valence electrons. The number of nitrogens with two attached hydrogens (primary N) is 1. The molecule has 0 bridgehead atoms. The Hall–Kier alpha value is -0.511. The zero-order chi connectivity index (χ0) is 9.84. The number of phenolic OH excluding ortho intramolecular Hbond substituents is 1. The van der Waals surface area contributed by atoms with Gasteiger partial charge in [0.15, 0.2) is 0 Å². The maximum Gasteiger partial charge on any atom is 0.320 e. The van der Waals surface area contributed by atoms with E-state index in [9.17, 15) is 4.79 Å². The first-order valence-electron chi connectivity index (χ1n) is 3.86. The van der Waals surface area contributed by atoms with E-state index in [0.29, 0.717) is 0 Å². The summed E-state index contributed by atoms with van der Waals surface area (Å²) in [5.41, 5.74) is 6.12. The second-order valence-electron chi connectivity index (χ2n) is 2.82. The van der Waals surface area contributed by atoms with E-state index in [1.165, 1.54) is 12.1 Å². The number of carbonyl (C=O) groups is 1. The Kier molecular flexibility index (Phi) is 8.72. The van der Waals surface area contributed by atoms with Crippen molar-refractivity contribution in [2.45, 2.75) is 12.5 Å². The van der Waals surface area contributed by atoms with Gasteiger partial charge in [-0.05, 0) is 24.1 Å². The van der Waals surface area contributed by atoms with Crippen molar-refractivity contribution in [3.63, 3.8) is 0 Å². The molecule has 4 nitrogen and oxygen atoms in total. The van der Waals surface area contributed by atoms with Gasteiger partial charge in [0.2, 0.25) is 0 Å². The molecular weight excluding hydrogens is 282 g/mol. The van der Waals surface area contributed by atoms with Gasteiger partial charge < -0.3 is 15.9 Å². The minimum Gasteiger partial charge on any atom is -0.508 e. The third-order valence-corrected chi connectivity index (χ3v) is 1.71. The SMILES string of the molecule is NC(Cc1ccc(O)cc1)C(=O)O.[Fe].[Fe]. The summed E-state index contributed by atoms with van der Waals surface area (Å²) in [4.78, 5) is 10.4. The molecule has 4 N–H and O–H groups in total. The van der Waals surface area contributed by atoms with Crippen LogP contribution in [0.5, 0.6) is 5.75 Å². The number of rotatable bonds is 3. The van der Waals surface area contributed by atoms with E-state index in [4.69, 9.17) is 15.9 Å². The Morgan fingerprint density at radius 1 is 1.27 bits per heavy atom. The molecule has 0 aliphatic rings. The van der Waals surface area contributed by atoms with Crippen LogP contribution < -0.4 is 5.73 Å². The van der Waals surface area contributed by atoms with Crippen molar-refractivity contribution in [2.75, 3.05) is 0 Å². The van der Waals surface area contributed by atoms with Gasteiger partial charge in [-0.2, -0.15) is 0 Å². The molecule has 0 aromatic heterocycles. The quantitative estimate of drug-likeness (QED) is 0.702. The number of phenols is 1. The number of aliphatic carboxylic acids is 1. The minimum absolute atomic E-state index is 0. The average Bonchev–Trinajstić information content (AvgIpc) is 2.08. The molecule has 0 radical (unpaired) electrons. The number of carboxylic acids is 1. The van der Waals surface area contributed by atoms with Gasteiger partial charge in [-0.15, -0.1) is 0 Å². The van der Waals surface area contributed by atoms with Crippen molar-refractivity contribution in [2.24, 2.45) is 5.73 Å². The number of benzene rings is 1. The standard InChI is InChI=1S/C9H11NO3.2Fe/c10-8(9(12)13)5-6-1-3-7(11)4-2-6;;/h1-4,8,11H,5,10H2,(H,12,13);;. The van der Waals surface area contributed by atoms with Crippen molar-refractivity contribution < 1.29 is 49.1 Å². The van der Waals surface area contributed by atoms with Gasteiger partial charge in [0.1, 0.15) is 11.8 Å². The van der Waals surface area contributed by atoms with E-state index in [1.54, 1.807) is 12.1 Å². The van der Waals surface area contributed by atoms with Gasteiger partial charge in [-0.1, -0.05) is 12.1 Å². The summed E-state index contributed by atoms with van der Waals surface area (Å²) in [5.74, 6) is -0.860. The van der Waals surface area contributed by atoms with Gasteiger partial charge in [0, 0.05) is 34.1 Å². The summed E-state index contributed by atoms with van der Waals surface area (Å²) in [6.07, 6.45) is 0.273. The van der Waals surface area contributed by atoms with Crippen molar-refractivity contribution in [3.8, 4) is 5.75 Å². The van der Waals surface area contributed by atoms with Gasteiger partial charge in [-0.25, -0.2) is 0 Å². The summed E-state index contributed by atoms with van der Waals surface area (Å²) >= 11 is 0. The number of hydrogen-bond acceptors (Lipinski definition) is 3. The third-order valence-electron chi connectivity index (χ3n) is 1.71. The topological polar surface area (TPSA) is 83.5 Å². The fraction of sp³-hybridized carbons (Fsp3) is 0.222. The summed E-state index contributed by atoms with van der Waals surface area (Å²) in [6.45, 7) is 0. The molecule has 1 rings (SSSR count). The molecule has 1 atom stereocenters. The Labute approximate surface area is 109 Å². The molecule has 0 aliphatic carbocycles. The van der Waals surface area contributed by atoms with Crippen LogP contribution in [0.3, 0.4) is 0 Å². The second kappa shape index (κ2) is 7.74. The van der Waals surface area contributed by atoms with E-state index in [1.807, 2.05) is 0 Å². The maximum absolute atomic E-state index is 10.4. The molecule has 0 heterocycles. The molecule has 0 aliphatic heterocycles. The Morgan fingerprint density at radius 3 is 2.13 bits per heavy atom. The maximum atomic E-state index is 10.4. The van der Waals surface area contributed by atoms with Gasteiger partial charge in [0.05, 0.1) is 0 Å². The number of aromatic hydroxyl groups is 1. The van der Waals surface area contributed by atoms with Crippen LogP contribution >= 0.6 is 0 Å². The summed E-state index contributed by atoms with van der Waals surface area (Å²) in [6, 6.07) is 5.42. The van der Waals surface area contributed by atoms with Gasteiger partial charge in [-0.3, -0.25) is 4.79 Å². The van der Waals surface area contributed by atoms with E-state index >= 15 is 0 Å². The third kappa shape index (κ3) is 5.82. The van der Waals surface area contributed by atoms with E-state index in [-0.39, 0.29) is 46.3 Å². The molecule has 15 heavy (non-hydrogen) atoms. The van der Waals surface area contributed by atoms with E-state index in [2.05, 4.69) is 0 Å². The molecule has 0 amide bonds. The molecule has 6 heteroatoms. The molecule has 1 aromatic carbocycles. The Balaban J connectivity index is 0. The molecule has 0 saturated carbocycles. The zero-order valence-corrected chi connectivity index (χ0v) is 9.89. The first-order valence-corrected chi connectivity index (χ1v) is 3.86. The monoisotopic (exact) mass is 293 g/mol. The van der Waals surface area contributed by atoms with Crippen LogP contribution in [0, 0.1) is 0 Å². The predicted molar refractivity (Wildman–Crippen MR) is 47.4 cm³/mol. The largest absolute Gasteiger partial charge is 0.508 e. The molecule has 0 saturated heterocycles. The van der Waals surface area contributed by atoms with E-state index in [0.717, 1.165) is 5.56 Å². The van der Waals surface area contributed by atoms with Crippen molar-refractivity contribution >= 4 is 5.97 Å². The van der Waals surface area contributed by atoms with Crippen LogP contribution in [-0.4, -0.2) is 22.2 Å². The van der Waals surface area contributed by atoms with Crippen molar-refractivity contribution in [1.29, 1.82) is 0 Å². The van der Waals surface area contributed by atoms with Crippen LogP contribution in [0.15, 0.2) is 24.3 Å². The summed E-state index contributed by atoms with van der Waals surface area (Å²) in [7, 11) is 0. The summed E-state index contributed by atoms with van der Waals surface area (Å²) < 4.78 is 0. The Morgan fingerprint density at radius 2 is 1.73 bits per heavy atom. The van der Waals surface area contributed by atoms with Crippen LogP contribution in [-0.2, 0) is 45.4 Å². The molecule has 1 unspecified atom stereocenters. The fourth-order valence-electron chi connectivity index (χ4n) is 0.973. The predicted octanol–water partition coefficient (Wildman–Crippen LogP) is 0.342. The molecule has 1 aromatic rings.